The van der Waals surface area contributed by atoms with Crippen molar-refractivity contribution in [3.63, 3.8) is 0 Å². The van der Waals surface area contributed by atoms with Crippen molar-refractivity contribution in [3.8, 4) is 5.75 Å². The Morgan fingerprint density at radius 1 is 1.00 bits per heavy atom. The number of ketones is 1. The normalized spacial score (nSPS) is 16.9. The molecule has 1 aliphatic rings. The molecule has 1 atom stereocenters. The van der Waals surface area contributed by atoms with E-state index in [1.807, 2.05) is 67.6 Å². The average Bonchev–Trinajstić information content (AvgIpc) is 3.08. The second-order valence-electron chi connectivity index (χ2n) is 6.32. The van der Waals surface area contributed by atoms with Crippen molar-refractivity contribution in [1.29, 1.82) is 0 Å². The van der Waals surface area contributed by atoms with E-state index in [1.165, 1.54) is 12.8 Å². The lowest BCUT2D eigenvalue weighted by Gasteiger charge is -2.33. The van der Waals surface area contributed by atoms with Gasteiger partial charge in [0.2, 0.25) is 5.78 Å². The minimum Gasteiger partial charge on any atom is -0.478 e. The third-order valence-corrected chi connectivity index (χ3v) is 4.33. The molecule has 24 heavy (non-hydrogen) atoms. The molecule has 0 amide bonds. The van der Waals surface area contributed by atoms with Crippen molar-refractivity contribution in [2.24, 2.45) is 0 Å². The van der Waals surface area contributed by atoms with Crippen molar-refractivity contribution in [2.75, 3.05) is 19.6 Å². The molecule has 4 heteroatoms. The van der Waals surface area contributed by atoms with Gasteiger partial charge in [0.25, 0.3) is 0 Å². The van der Waals surface area contributed by atoms with Crippen molar-refractivity contribution in [1.82, 2.24) is 4.90 Å². The largest absolute Gasteiger partial charge is 0.478 e. The Hall–Kier alpha value is -1.84. The molecule has 0 radical (unpaired) electrons. The van der Waals surface area contributed by atoms with E-state index in [1.54, 1.807) is 0 Å². The molecule has 0 aromatic heterocycles. The second-order valence-corrected chi connectivity index (χ2v) is 6.32. The van der Waals surface area contributed by atoms with Crippen LogP contribution in [0.2, 0.25) is 0 Å². The van der Waals surface area contributed by atoms with Crippen LogP contribution in [0.15, 0.2) is 60.7 Å². The van der Waals surface area contributed by atoms with Crippen molar-refractivity contribution >= 4 is 18.2 Å². The molecular formula is C20H24ClNO2. The van der Waals surface area contributed by atoms with Crippen LogP contribution < -0.4 is 4.74 Å². The summed E-state index contributed by atoms with van der Waals surface area (Å²) in [5.41, 5.74) is -0.183. The van der Waals surface area contributed by atoms with Crippen LogP contribution in [0.4, 0.5) is 0 Å². The predicted molar refractivity (Wildman–Crippen MR) is 99.2 cm³/mol. The fourth-order valence-electron chi connectivity index (χ4n) is 3.16. The molecule has 2 aromatic rings. The first-order chi connectivity index (χ1) is 11.2. The second kappa shape index (κ2) is 8.32. The number of carbonyl (C=O) groups excluding carboxylic acids is 1. The average molecular weight is 346 g/mol. The molecule has 0 N–H and O–H groups in total. The topological polar surface area (TPSA) is 29.5 Å². The number of rotatable bonds is 6. The summed E-state index contributed by atoms with van der Waals surface area (Å²) >= 11 is 0. The van der Waals surface area contributed by atoms with Gasteiger partial charge in [-0.25, -0.2) is 0 Å². The van der Waals surface area contributed by atoms with Gasteiger partial charge in [0, 0.05) is 12.1 Å². The summed E-state index contributed by atoms with van der Waals surface area (Å²) in [5, 5.41) is 0. The number of benzene rings is 2. The Kier molecular flexibility index (Phi) is 6.41. The lowest BCUT2D eigenvalue weighted by atomic mass is 9.93. The first kappa shape index (κ1) is 18.5. The minimum absolute atomic E-state index is 0. The Labute approximate surface area is 150 Å². The molecule has 0 spiro atoms. The highest BCUT2D eigenvalue weighted by Gasteiger charge is 2.38. The van der Waals surface area contributed by atoms with E-state index < -0.39 is 5.60 Å². The van der Waals surface area contributed by atoms with Crippen molar-refractivity contribution < 1.29 is 9.53 Å². The summed E-state index contributed by atoms with van der Waals surface area (Å²) in [7, 11) is 0. The highest BCUT2D eigenvalue weighted by atomic mass is 35.5. The number of Topliss-reactive ketones (excluding diaryl/α,β-unsaturated/α-hetero) is 1. The molecule has 1 aliphatic heterocycles. The number of likely N-dealkylation sites (tertiary alicyclic amines) is 1. The van der Waals surface area contributed by atoms with Crippen molar-refractivity contribution in [2.45, 2.75) is 25.4 Å². The van der Waals surface area contributed by atoms with Gasteiger partial charge in [0.05, 0.1) is 0 Å². The quantitative estimate of drug-likeness (QED) is 0.734. The van der Waals surface area contributed by atoms with Gasteiger partial charge in [-0.15, -0.1) is 12.4 Å². The van der Waals surface area contributed by atoms with Crippen LogP contribution in [0, 0.1) is 0 Å². The maximum Gasteiger partial charge on any atom is 0.207 e. The van der Waals surface area contributed by atoms with Gasteiger partial charge in [-0.2, -0.15) is 0 Å². The lowest BCUT2D eigenvalue weighted by Crippen LogP contribution is -2.50. The van der Waals surface area contributed by atoms with Crippen LogP contribution in [0.5, 0.6) is 5.75 Å². The molecule has 3 nitrogen and oxygen atoms in total. The molecule has 1 fully saturated rings. The summed E-state index contributed by atoms with van der Waals surface area (Å²) in [6, 6.07) is 19.0. The third-order valence-electron chi connectivity index (χ3n) is 4.33. The van der Waals surface area contributed by atoms with Crippen LogP contribution in [-0.4, -0.2) is 35.9 Å². The van der Waals surface area contributed by atoms with Crippen LogP contribution in [-0.2, 0) is 0 Å². The number of hydrogen-bond acceptors (Lipinski definition) is 3. The van der Waals surface area contributed by atoms with Gasteiger partial charge in [-0.3, -0.25) is 9.69 Å². The van der Waals surface area contributed by atoms with Crippen LogP contribution in [0.3, 0.4) is 0 Å². The monoisotopic (exact) mass is 345 g/mol. The Bertz CT molecular complexity index is 641. The summed E-state index contributed by atoms with van der Waals surface area (Å²) in [6.45, 7) is 4.61. The molecule has 0 bridgehead atoms. The van der Waals surface area contributed by atoms with E-state index in [-0.39, 0.29) is 18.2 Å². The summed E-state index contributed by atoms with van der Waals surface area (Å²) in [6.07, 6.45) is 2.39. The maximum atomic E-state index is 13.1. The highest BCUT2D eigenvalue weighted by molar-refractivity contribution is 6.02. The standard InChI is InChI=1S/C20H23NO2.ClH/c1-20(16-21-14-8-9-15-21,23-18-12-6-3-7-13-18)19(22)17-10-4-2-5-11-17;/h2-7,10-13H,8-9,14-16H2,1H3;1H. The first-order valence-corrected chi connectivity index (χ1v) is 8.24. The third kappa shape index (κ3) is 4.37. The lowest BCUT2D eigenvalue weighted by molar-refractivity contribution is 0.0377. The molecule has 2 aromatic carbocycles. The highest BCUT2D eigenvalue weighted by Crippen LogP contribution is 2.25. The maximum absolute atomic E-state index is 13.1. The minimum atomic E-state index is -0.882. The Balaban J connectivity index is 0.00000208. The summed E-state index contributed by atoms with van der Waals surface area (Å²) < 4.78 is 6.19. The number of halogens is 1. The molecular weight excluding hydrogens is 322 g/mol. The predicted octanol–water partition coefficient (Wildman–Crippen LogP) is 4.22. The first-order valence-electron chi connectivity index (χ1n) is 8.24. The number of ether oxygens (including phenoxy) is 1. The van der Waals surface area contributed by atoms with Gasteiger partial charge in [0.1, 0.15) is 5.75 Å². The molecule has 0 aliphatic carbocycles. The molecule has 1 saturated heterocycles. The van der Waals surface area contributed by atoms with Gasteiger partial charge in [-0.1, -0.05) is 48.5 Å². The fraction of sp³-hybridized carbons (Fsp3) is 0.350. The summed E-state index contributed by atoms with van der Waals surface area (Å²) in [5.74, 6) is 0.771. The number of nitrogens with zero attached hydrogens (tertiary/aromatic N) is 1. The number of carbonyl (C=O) groups is 1. The smallest absolute Gasteiger partial charge is 0.207 e. The van der Waals surface area contributed by atoms with Gasteiger partial charge in [0.15, 0.2) is 5.60 Å². The molecule has 3 rings (SSSR count). The Morgan fingerprint density at radius 3 is 2.12 bits per heavy atom. The van der Waals surface area contributed by atoms with Gasteiger partial charge >= 0.3 is 0 Å². The van der Waals surface area contributed by atoms with Crippen molar-refractivity contribution in [3.05, 3.63) is 66.2 Å². The SMILES string of the molecule is CC(CN1CCCC1)(Oc1ccccc1)C(=O)c1ccccc1.Cl. The van der Waals surface area contributed by atoms with E-state index in [9.17, 15) is 4.79 Å². The zero-order chi connectivity index (χ0) is 16.1. The molecule has 1 unspecified atom stereocenters. The van der Waals surface area contributed by atoms with E-state index in [4.69, 9.17) is 4.74 Å². The van der Waals surface area contributed by atoms with Crippen LogP contribution in [0.1, 0.15) is 30.1 Å². The van der Waals surface area contributed by atoms with Crippen LogP contribution in [0.25, 0.3) is 0 Å². The van der Waals surface area contributed by atoms with E-state index >= 15 is 0 Å². The van der Waals surface area contributed by atoms with E-state index in [0.717, 1.165) is 18.8 Å². The summed E-state index contributed by atoms with van der Waals surface area (Å²) in [4.78, 5) is 15.4. The molecule has 1 heterocycles. The zero-order valence-electron chi connectivity index (χ0n) is 14.0. The van der Waals surface area contributed by atoms with Gasteiger partial charge in [-0.05, 0) is 45.0 Å². The molecule has 0 saturated carbocycles. The fourth-order valence-corrected chi connectivity index (χ4v) is 3.16. The van der Waals surface area contributed by atoms with E-state index in [0.29, 0.717) is 12.1 Å². The van der Waals surface area contributed by atoms with Gasteiger partial charge < -0.3 is 4.74 Å². The Morgan fingerprint density at radius 2 is 1.54 bits per heavy atom. The van der Waals surface area contributed by atoms with E-state index in [2.05, 4.69) is 4.90 Å². The number of hydrogen-bond donors (Lipinski definition) is 0. The zero-order valence-corrected chi connectivity index (χ0v) is 14.8. The molecule has 128 valence electrons. The van der Waals surface area contributed by atoms with Crippen LogP contribution >= 0.6 is 12.4 Å². The number of para-hydroxylation sites is 1.